The number of thiocarbonyl (C=S) groups is 1. The summed E-state index contributed by atoms with van der Waals surface area (Å²) in [6, 6.07) is 11.4. The van der Waals surface area contributed by atoms with Crippen LogP contribution in [0.4, 0.5) is 5.69 Å². The third-order valence-corrected chi connectivity index (χ3v) is 4.28. The molecule has 0 saturated carbocycles. The van der Waals surface area contributed by atoms with E-state index in [-0.39, 0.29) is 5.91 Å². The second-order valence-electron chi connectivity index (χ2n) is 6.01. The molecule has 0 unspecified atom stereocenters. The zero-order valence-electron chi connectivity index (χ0n) is 16.5. The van der Waals surface area contributed by atoms with Crippen molar-refractivity contribution in [3.05, 3.63) is 59.2 Å². The molecule has 0 radical (unpaired) electrons. The Morgan fingerprint density at radius 1 is 1.11 bits per heavy atom. The predicted molar refractivity (Wildman–Crippen MR) is 117 cm³/mol. The van der Waals surface area contributed by atoms with Gasteiger partial charge < -0.3 is 14.8 Å². The molecular weight excluding hydrogens is 374 g/mol. The van der Waals surface area contributed by atoms with Gasteiger partial charge in [-0.2, -0.15) is 0 Å². The molecular formula is C21H25N3O3S. The Hall–Kier alpha value is -3.06. The standard InChI is InChI=1S/C21H25N3O3S/c1-5-16-8-6-7-14(2)20(16)22-21(28)24-23-19(25)10-9-15-11-17(26-3)13-18(12-15)27-4/h6-13H,5H2,1-4H3,(H,23,25)(H2,22,24,28)/b10-9+. The number of aryl methyl sites for hydroxylation is 2. The van der Waals surface area contributed by atoms with Crippen LogP contribution in [0.25, 0.3) is 6.08 Å². The lowest BCUT2D eigenvalue weighted by molar-refractivity contribution is -0.116. The highest BCUT2D eigenvalue weighted by atomic mass is 32.1. The molecule has 0 bridgehead atoms. The van der Waals surface area contributed by atoms with Crippen molar-refractivity contribution in [2.45, 2.75) is 20.3 Å². The smallest absolute Gasteiger partial charge is 0.262 e. The van der Waals surface area contributed by atoms with E-state index in [2.05, 4.69) is 23.1 Å². The average molecular weight is 400 g/mol. The summed E-state index contributed by atoms with van der Waals surface area (Å²) in [4.78, 5) is 12.1. The van der Waals surface area contributed by atoms with Crippen LogP contribution in [0, 0.1) is 6.92 Å². The van der Waals surface area contributed by atoms with E-state index in [1.54, 1.807) is 38.5 Å². The zero-order valence-corrected chi connectivity index (χ0v) is 17.3. The van der Waals surface area contributed by atoms with Gasteiger partial charge in [-0.05, 0) is 60.5 Å². The van der Waals surface area contributed by atoms with Crippen molar-refractivity contribution < 1.29 is 14.3 Å². The number of rotatable bonds is 6. The number of nitrogens with one attached hydrogen (secondary N) is 3. The molecule has 0 atom stereocenters. The van der Waals surface area contributed by atoms with Gasteiger partial charge in [0.05, 0.1) is 14.2 Å². The topological polar surface area (TPSA) is 71.6 Å². The van der Waals surface area contributed by atoms with Gasteiger partial charge >= 0.3 is 0 Å². The van der Waals surface area contributed by atoms with Gasteiger partial charge in [0.1, 0.15) is 11.5 Å². The Morgan fingerprint density at radius 3 is 2.39 bits per heavy atom. The molecule has 0 aliphatic rings. The van der Waals surface area contributed by atoms with Crippen molar-refractivity contribution in [3.63, 3.8) is 0 Å². The first-order valence-corrected chi connectivity index (χ1v) is 9.24. The molecule has 0 fully saturated rings. The normalized spacial score (nSPS) is 10.4. The lowest BCUT2D eigenvalue weighted by Gasteiger charge is -2.15. The van der Waals surface area contributed by atoms with Gasteiger partial charge in [-0.15, -0.1) is 0 Å². The van der Waals surface area contributed by atoms with Crippen molar-refractivity contribution in [1.82, 2.24) is 10.9 Å². The number of amides is 1. The number of benzene rings is 2. The van der Waals surface area contributed by atoms with Crippen LogP contribution in [-0.4, -0.2) is 25.2 Å². The van der Waals surface area contributed by atoms with Crippen molar-refractivity contribution in [3.8, 4) is 11.5 Å². The van der Waals surface area contributed by atoms with Gasteiger partial charge in [-0.1, -0.05) is 25.1 Å². The van der Waals surface area contributed by atoms with Gasteiger partial charge in [0.25, 0.3) is 5.91 Å². The summed E-state index contributed by atoms with van der Waals surface area (Å²) in [5.41, 5.74) is 9.23. The number of carbonyl (C=O) groups excluding carboxylic acids is 1. The van der Waals surface area contributed by atoms with Crippen LogP contribution in [0.2, 0.25) is 0 Å². The summed E-state index contributed by atoms with van der Waals surface area (Å²) < 4.78 is 10.4. The van der Waals surface area contributed by atoms with Gasteiger partial charge in [0.15, 0.2) is 5.11 Å². The molecule has 0 aromatic heterocycles. The van der Waals surface area contributed by atoms with E-state index in [0.717, 1.165) is 28.8 Å². The van der Waals surface area contributed by atoms with Crippen LogP contribution in [0.1, 0.15) is 23.6 Å². The minimum atomic E-state index is -0.341. The summed E-state index contributed by atoms with van der Waals surface area (Å²) in [5.74, 6) is 0.951. The number of anilines is 1. The van der Waals surface area contributed by atoms with Crippen LogP contribution < -0.4 is 25.6 Å². The second kappa shape index (κ2) is 10.3. The first-order valence-electron chi connectivity index (χ1n) is 8.83. The predicted octanol–water partition coefficient (Wildman–Crippen LogP) is 3.61. The number of ether oxygens (including phenoxy) is 2. The average Bonchev–Trinajstić information content (AvgIpc) is 2.71. The van der Waals surface area contributed by atoms with Crippen LogP contribution in [0.3, 0.4) is 0 Å². The highest BCUT2D eigenvalue weighted by Gasteiger charge is 2.06. The number of carbonyl (C=O) groups is 1. The minimum Gasteiger partial charge on any atom is -0.497 e. The number of hydrogen-bond donors (Lipinski definition) is 3. The van der Waals surface area contributed by atoms with Crippen LogP contribution in [0.15, 0.2) is 42.5 Å². The molecule has 2 rings (SSSR count). The Bertz CT molecular complexity index is 859. The van der Waals surface area contributed by atoms with Crippen LogP contribution in [-0.2, 0) is 11.2 Å². The molecule has 2 aromatic rings. The SMILES string of the molecule is CCc1cccc(C)c1NC(=S)NNC(=O)/C=C/c1cc(OC)cc(OC)c1. The number of hydrogen-bond acceptors (Lipinski definition) is 4. The Labute approximate surface area is 170 Å². The molecule has 28 heavy (non-hydrogen) atoms. The molecule has 0 aliphatic heterocycles. The maximum absolute atomic E-state index is 12.1. The molecule has 1 amide bonds. The van der Waals surface area contributed by atoms with Crippen molar-refractivity contribution >= 4 is 35.0 Å². The van der Waals surface area contributed by atoms with Crippen molar-refractivity contribution in [2.75, 3.05) is 19.5 Å². The van der Waals surface area contributed by atoms with Crippen molar-refractivity contribution in [2.24, 2.45) is 0 Å². The lowest BCUT2D eigenvalue weighted by Crippen LogP contribution is -2.43. The van der Waals surface area contributed by atoms with E-state index in [9.17, 15) is 4.79 Å². The fourth-order valence-electron chi connectivity index (χ4n) is 2.60. The fraction of sp³-hybridized carbons (Fsp3) is 0.238. The van der Waals surface area contributed by atoms with E-state index < -0.39 is 0 Å². The molecule has 0 saturated heterocycles. The quantitative estimate of drug-likeness (QED) is 0.392. The largest absolute Gasteiger partial charge is 0.497 e. The van der Waals surface area contributed by atoms with Crippen LogP contribution >= 0.6 is 12.2 Å². The van der Waals surface area contributed by atoms with E-state index >= 15 is 0 Å². The Morgan fingerprint density at radius 2 is 1.79 bits per heavy atom. The highest BCUT2D eigenvalue weighted by Crippen LogP contribution is 2.23. The third-order valence-electron chi connectivity index (χ3n) is 4.08. The first-order chi connectivity index (χ1) is 13.5. The molecule has 0 heterocycles. The summed E-state index contributed by atoms with van der Waals surface area (Å²) in [6.45, 7) is 4.09. The monoisotopic (exact) mass is 399 g/mol. The molecule has 7 heteroatoms. The zero-order chi connectivity index (χ0) is 20.5. The molecule has 0 aliphatic carbocycles. The van der Waals surface area contributed by atoms with Crippen LogP contribution in [0.5, 0.6) is 11.5 Å². The molecule has 0 spiro atoms. The van der Waals surface area contributed by atoms with E-state index in [0.29, 0.717) is 16.6 Å². The second-order valence-corrected chi connectivity index (χ2v) is 6.42. The third kappa shape index (κ3) is 5.99. The summed E-state index contributed by atoms with van der Waals surface area (Å²) >= 11 is 5.27. The maximum Gasteiger partial charge on any atom is 0.262 e. The van der Waals surface area contributed by atoms with Gasteiger partial charge in [0.2, 0.25) is 0 Å². The summed E-state index contributed by atoms with van der Waals surface area (Å²) in [7, 11) is 3.15. The van der Waals surface area contributed by atoms with E-state index in [4.69, 9.17) is 21.7 Å². The number of para-hydroxylation sites is 1. The van der Waals surface area contributed by atoms with E-state index in [1.165, 1.54) is 6.08 Å². The Kier molecular flexibility index (Phi) is 7.83. The maximum atomic E-state index is 12.1. The summed E-state index contributed by atoms with van der Waals surface area (Å²) in [5, 5.41) is 3.45. The van der Waals surface area contributed by atoms with Gasteiger partial charge in [-0.3, -0.25) is 15.6 Å². The molecule has 2 aromatic carbocycles. The van der Waals surface area contributed by atoms with Gasteiger partial charge in [0, 0.05) is 17.8 Å². The number of methoxy groups -OCH3 is 2. The first kappa shape index (κ1) is 21.2. The highest BCUT2D eigenvalue weighted by molar-refractivity contribution is 7.80. The van der Waals surface area contributed by atoms with Crippen molar-refractivity contribution in [1.29, 1.82) is 0 Å². The van der Waals surface area contributed by atoms with Gasteiger partial charge in [-0.25, -0.2) is 0 Å². The fourth-order valence-corrected chi connectivity index (χ4v) is 2.76. The minimum absolute atomic E-state index is 0.314. The lowest BCUT2D eigenvalue weighted by atomic mass is 10.1. The molecule has 148 valence electrons. The number of hydrazine groups is 1. The Balaban J connectivity index is 1.94. The van der Waals surface area contributed by atoms with E-state index in [1.807, 2.05) is 25.1 Å². The molecule has 6 nitrogen and oxygen atoms in total. The molecule has 3 N–H and O–H groups in total. The summed E-state index contributed by atoms with van der Waals surface area (Å²) in [6.07, 6.45) is 3.94.